The second-order valence-electron chi connectivity index (χ2n) is 9.21. The third-order valence-electron chi connectivity index (χ3n) is 7.08. The molecule has 3 aliphatic rings. The number of nitriles is 1. The third-order valence-corrected chi connectivity index (χ3v) is 7.08. The number of aromatic amines is 1. The molecule has 0 amide bonds. The van der Waals surface area contributed by atoms with Crippen molar-refractivity contribution >= 4 is 16.9 Å². The number of halogens is 3. The largest absolute Gasteiger partial charge is 0.431 e. The number of nitrogens with one attached hydrogen (secondary N) is 1. The molecule has 0 saturated carbocycles. The number of rotatable bonds is 1. The van der Waals surface area contributed by atoms with Crippen molar-refractivity contribution < 1.29 is 17.9 Å². The van der Waals surface area contributed by atoms with Gasteiger partial charge >= 0.3 is 6.18 Å². The SMILES string of the molecule is N#Cc1ccc2c(c1)CCC(N1CC3COCC3C1)C2.Nc1ncnc2[nH]c(C(F)(F)F)cc12. The van der Waals surface area contributed by atoms with Gasteiger partial charge in [0.05, 0.1) is 30.2 Å². The summed E-state index contributed by atoms with van der Waals surface area (Å²) in [5, 5.41) is 9.17. The first kappa shape index (κ1) is 22.6. The molecule has 7 nitrogen and oxygen atoms in total. The van der Waals surface area contributed by atoms with Gasteiger partial charge in [-0.15, -0.1) is 0 Å². The average Bonchev–Trinajstić information content (AvgIpc) is 3.54. The molecule has 2 aromatic heterocycles. The normalized spacial score (nSPS) is 24.2. The highest BCUT2D eigenvalue weighted by Crippen LogP contribution is 2.34. The first-order valence-electron chi connectivity index (χ1n) is 11.3. The summed E-state index contributed by atoms with van der Waals surface area (Å²) in [6.45, 7) is 4.38. The zero-order chi connectivity index (χ0) is 23.9. The number of hydrogen-bond acceptors (Lipinski definition) is 6. The van der Waals surface area contributed by atoms with Crippen molar-refractivity contribution in [2.45, 2.75) is 31.5 Å². The quantitative estimate of drug-likeness (QED) is 0.564. The van der Waals surface area contributed by atoms with Crippen LogP contribution < -0.4 is 5.73 Å². The Labute approximate surface area is 194 Å². The maximum Gasteiger partial charge on any atom is 0.431 e. The second-order valence-corrected chi connectivity index (χ2v) is 9.21. The van der Waals surface area contributed by atoms with Crippen LogP contribution in [-0.4, -0.2) is 52.2 Å². The van der Waals surface area contributed by atoms with Crippen LogP contribution in [0, 0.1) is 23.2 Å². The molecule has 10 heteroatoms. The van der Waals surface area contributed by atoms with Gasteiger partial charge in [-0.2, -0.15) is 18.4 Å². The number of ether oxygens (including phenoxy) is 1. The fraction of sp³-hybridized carbons (Fsp3) is 0.458. The van der Waals surface area contributed by atoms with Crippen molar-refractivity contribution in [2.75, 3.05) is 32.0 Å². The summed E-state index contributed by atoms with van der Waals surface area (Å²) in [6.07, 6.45) is 0.197. The fourth-order valence-corrected chi connectivity index (χ4v) is 5.25. The van der Waals surface area contributed by atoms with E-state index in [9.17, 15) is 13.2 Å². The molecule has 2 saturated heterocycles. The molecule has 3 N–H and O–H groups in total. The van der Waals surface area contributed by atoms with E-state index < -0.39 is 11.9 Å². The highest BCUT2D eigenvalue weighted by molar-refractivity contribution is 5.86. The van der Waals surface area contributed by atoms with Gasteiger partial charge in [0.2, 0.25) is 0 Å². The molecule has 2 aliphatic heterocycles. The molecule has 6 rings (SSSR count). The lowest BCUT2D eigenvalue weighted by molar-refractivity contribution is -0.140. The van der Waals surface area contributed by atoms with Crippen LogP contribution in [0.3, 0.4) is 0 Å². The molecule has 1 aliphatic carbocycles. The number of nitrogens with two attached hydrogens (primary N) is 1. The molecule has 178 valence electrons. The molecule has 0 radical (unpaired) electrons. The molecule has 3 aromatic rings. The highest BCUT2D eigenvalue weighted by atomic mass is 19.4. The summed E-state index contributed by atoms with van der Waals surface area (Å²) >= 11 is 0. The summed E-state index contributed by atoms with van der Waals surface area (Å²) in [7, 11) is 0. The minimum absolute atomic E-state index is 0.0294. The van der Waals surface area contributed by atoms with Crippen molar-refractivity contribution in [3.05, 3.63) is 53.0 Å². The highest BCUT2D eigenvalue weighted by Gasteiger charge is 2.40. The maximum absolute atomic E-state index is 12.2. The van der Waals surface area contributed by atoms with Crippen LogP contribution in [0.2, 0.25) is 0 Å². The number of nitrogen functional groups attached to an aromatic ring is 1. The number of aromatic nitrogens is 3. The van der Waals surface area contributed by atoms with Gasteiger partial charge in [0.25, 0.3) is 0 Å². The Morgan fingerprint density at radius 3 is 2.56 bits per heavy atom. The average molecular weight is 470 g/mol. The van der Waals surface area contributed by atoms with Crippen LogP contribution in [0.15, 0.2) is 30.6 Å². The topological polar surface area (TPSA) is 104 Å². The number of H-pyrrole nitrogens is 1. The molecule has 1 aromatic carbocycles. The number of likely N-dealkylation sites (tertiary alicyclic amines) is 1. The first-order chi connectivity index (χ1) is 16.3. The van der Waals surface area contributed by atoms with E-state index in [1.807, 2.05) is 6.07 Å². The Hall–Kier alpha value is -3.16. The van der Waals surface area contributed by atoms with Crippen molar-refractivity contribution in [1.82, 2.24) is 19.9 Å². The number of benzene rings is 1. The van der Waals surface area contributed by atoms with Crippen molar-refractivity contribution in [1.29, 1.82) is 5.26 Å². The van der Waals surface area contributed by atoms with Gasteiger partial charge in [-0.3, -0.25) is 4.90 Å². The van der Waals surface area contributed by atoms with Gasteiger partial charge in [0.15, 0.2) is 0 Å². The Balaban J connectivity index is 0.000000152. The summed E-state index contributed by atoms with van der Waals surface area (Å²) in [6, 6.07) is 10.0. The smallest absolute Gasteiger partial charge is 0.383 e. The number of aryl methyl sites for hydroxylation is 1. The van der Waals surface area contributed by atoms with Crippen LogP contribution in [0.5, 0.6) is 0 Å². The minimum atomic E-state index is -4.42. The van der Waals surface area contributed by atoms with E-state index in [0.29, 0.717) is 6.04 Å². The molecule has 0 bridgehead atoms. The molecule has 2 fully saturated rings. The van der Waals surface area contributed by atoms with Gasteiger partial charge in [-0.05, 0) is 48.6 Å². The lowest BCUT2D eigenvalue weighted by atomic mass is 9.86. The van der Waals surface area contributed by atoms with Crippen LogP contribution in [0.4, 0.5) is 19.0 Å². The first-order valence-corrected chi connectivity index (χ1v) is 11.3. The summed E-state index contributed by atoms with van der Waals surface area (Å²) in [5.41, 5.74) is 8.23. The second kappa shape index (κ2) is 8.89. The molecular weight excluding hydrogens is 445 g/mol. The van der Waals surface area contributed by atoms with Gasteiger partial charge in [0, 0.05) is 31.0 Å². The van der Waals surface area contributed by atoms with Crippen molar-refractivity contribution in [2.24, 2.45) is 11.8 Å². The van der Waals surface area contributed by atoms with Crippen molar-refractivity contribution in [3.63, 3.8) is 0 Å². The molecule has 3 unspecified atom stereocenters. The standard InChI is InChI=1S/C17H20N2O.C7H5F3N4/c18-7-12-1-2-14-6-17(4-3-13(14)5-12)19-8-15-10-20-11-16(15)9-19;8-7(9,10)4-1-3-5(11)12-2-13-6(3)14-4/h1-2,5,15-17H,3-4,6,8-11H2;1-2H,(H3,11,12,13,14). The van der Waals surface area contributed by atoms with Gasteiger partial charge in [-0.1, -0.05) is 6.07 Å². The van der Waals surface area contributed by atoms with E-state index in [2.05, 4.69) is 38.1 Å². The van der Waals surface area contributed by atoms with Gasteiger partial charge < -0.3 is 15.5 Å². The van der Waals surface area contributed by atoms with Crippen molar-refractivity contribution in [3.8, 4) is 6.07 Å². The third kappa shape index (κ3) is 4.45. The monoisotopic (exact) mass is 470 g/mol. The molecule has 3 atom stereocenters. The van der Waals surface area contributed by atoms with Gasteiger partial charge in [0.1, 0.15) is 23.5 Å². The van der Waals surface area contributed by atoms with E-state index in [0.717, 1.165) is 55.8 Å². The predicted octanol–water partition coefficient (Wildman–Crippen LogP) is 3.55. The zero-order valence-electron chi connectivity index (χ0n) is 18.5. The number of hydrogen-bond donors (Lipinski definition) is 2. The lowest BCUT2D eigenvalue weighted by Crippen LogP contribution is -2.38. The predicted molar refractivity (Wildman–Crippen MR) is 120 cm³/mol. The lowest BCUT2D eigenvalue weighted by Gasteiger charge is -2.33. The molecule has 0 spiro atoms. The Morgan fingerprint density at radius 2 is 1.88 bits per heavy atom. The number of alkyl halides is 3. The van der Waals surface area contributed by atoms with Gasteiger partial charge in [-0.25, -0.2) is 9.97 Å². The van der Waals surface area contributed by atoms with E-state index in [1.54, 1.807) is 0 Å². The van der Waals surface area contributed by atoms with Crippen LogP contribution >= 0.6 is 0 Å². The number of nitrogens with zero attached hydrogens (tertiary/aromatic N) is 4. The van der Waals surface area contributed by atoms with Crippen LogP contribution in [-0.2, 0) is 23.8 Å². The van der Waals surface area contributed by atoms with E-state index in [4.69, 9.17) is 15.7 Å². The van der Waals surface area contributed by atoms with E-state index >= 15 is 0 Å². The molecular formula is C24H25F3N6O. The summed E-state index contributed by atoms with van der Waals surface area (Å²) < 4.78 is 42.3. The number of anilines is 1. The zero-order valence-corrected chi connectivity index (χ0v) is 18.5. The Bertz CT molecular complexity index is 1220. The van der Waals surface area contributed by atoms with E-state index in [1.165, 1.54) is 30.6 Å². The summed E-state index contributed by atoms with van der Waals surface area (Å²) in [5.74, 6) is 1.58. The minimum Gasteiger partial charge on any atom is -0.383 e. The van der Waals surface area contributed by atoms with Crippen LogP contribution in [0.1, 0.15) is 28.8 Å². The number of fused-ring (bicyclic) bond motifs is 3. The Kier molecular flexibility index (Phi) is 5.91. The molecule has 34 heavy (non-hydrogen) atoms. The maximum atomic E-state index is 12.2. The molecule has 4 heterocycles. The fourth-order valence-electron chi connectivity index (χ4n) is 5.25. The van der Waals surface area contributed by atoms with E-state index in [-0.39, 0.29) is 16.9 Å². The Morgan fingerprint density at radius 1 is 1.12 bits per heavy atom. The summed E-state index contributed by atoms with van der Waals surface area (Å²) in [4.78, 5) is 12.0. The van der Waals surface area contributed by atoms with Crippen LogP contribution in [0.25, 0.3) is 11.0 Å².